The fourth-order valence-electron chi connectivity index (χ4n) is 3.17. The van der Waals surface area contributed by atoms with Gasteiger partial charge in [0.15, 0.2) is 18.1 Å². The summed E-state index contributed by atoms with van der Waals surface area (Å²) in [6, 6.07) is 17.1. The molecule has 1 aliphatic heterocycles. The molecule has 190 valence electrons. The minimum absolute atomic E-state index is 0.118. The number of hydrogen-bond donors (Lipinski definition) is 3. The fraction of sp³-hybridized carbons (Fsp3) is 0.120. The van der Waals surface area contributed by atoms with Crippen LogP contribution in [0.15, 0.2) is 70.2 Å². The summed E-state index contributed by atoms with van der Waals surface area (Å²) >= 11 is 9.41. The van der Waals surface area contributed by atoms with Crippen LogP contribution in [-0.4, -0.2) is 37.3 Å². The van der Waals surface area contributed by atoms with Gasteiger partial charge in [-0.2, -0.15) is 5.10 Å². The van der Waals surface area contributed by atoms with Crippen LogP contribution in [-0.2, 0) is 20.9 Å². The molecule has 4 rings (SSSR count). The summed E-state index contributed by atoms with van der Waals surface area (Å²) in [6.45, 7) is -0.0269. The van der Waals surface area contributed by atoms with E-state index < -0.39 is 17.7 Å². The fourth-order valence-corrected chi connectivity index (χ4v) is 3.73. The molecule has 0 saturated carbocycles. The van der Waals surface area contributed by atoms with Gasteiger partial charge >= 0.3 is 11.8 Å². The average Bonchev–Trinajstić information content (AvgIpc) is 3.36. The van der Waals surface area contributed by atoms with Gasteiger partial charge in [-0.1, -0.05) is 45.7 Å². The summed E-state index contributed by atoms with van der Waals surface area (Å²) in [4.78, 5) is 36.5. The Kier molecular flexibility index (Phi) is 8.60. The highest BCUT2D eigenvalue weighted by atomic mass is 79.9. The van der Waals surface area contributed by atoms with Crippen LogP contribution < -0.4 is 30.3 Å². The van der Waals surface area contributed by atoms with Crippen molar-refractivity contribution in [2.45, 2.75) is 6.54 Å². The zero-order valence-electron chi connectivity index (χ0n) is 19.1. The Morgan fingerprint density at radius 1 is 1.03 bits per heavy atom. The number of hydrogen-bond acceptors (Lipinski definition) is 7. The molecule has 0 aromatic heterocycles. The maximum atomic E-state index is 12.3. The number of ether oxygens (including phenoxy) is 3. The lowest BCUT2D eigenvalue weighted by Gasteiger charge is -2.11. The first-order valence-electron chi connectivity index (χ1n) is 10.9. The highest BCUT2D eigenvalue weighted by Gasteiger charge is 2.16. The molecule has 1 aliphatic rings. The number of nitrogens with zero attached hydrogens (tertiary/aromatic N) is 1. The monoisotopic (exact) mass is 586 g/mol. The van der Waals surface area contributed by atoms with Crippen molar-refractivity contribution in [3.05, 3.63) is 81.3 Å². The molecular formula is C25H20BrClN4O6. The van der Waals surface area contributed by atoms with E-state index in [2.05, 4.69) is 37.1 Å². The lowest BCUT2D eigenvalue weighted by atomic mass is 10.2. The highest BCUT2D eigenvalue weighted by Crippen LogP contribution is 2.32. The molecule has 3 amide bonds. The molecule has 3 aromatic rings. The molecule has 3 aromatic carbocycles. The number of halogens is 2. The van der Waals surface area contributed by atoms with E-state index >= 15 is 0 Å². The topological polar surface area (TPSA) is 127 Å². The molecule has 0 fully saturated rings. The first-order chi connectivity index (χ1) is 17.9. The quantitative estimate of drug-likeness (QED) is 0.210. The smallest absolute Gasteiger partial charge is 0.329 e. The summed E-state index contributed by atoms with van der Waals surface area (Å²) in [6.07, 6.45) is 1.30. The first-order valence-corrected chi connectivity index (χ1v) is 12.0. The molecule has 12 heteroatoms. The van der Waals surface area contributed by atoms with Crippen LogP contribution in [0.4, 0.5) is 5.69 Å². The van der Waals surface area contributed by atoms with Crippen LogP contribution in [0.2, 0.25) is 5.02 Å². The number of rotatable bonds is 8. The molecule has 0 radical (unpaired) electrons. The largest absolute Gasteiger partial charge is 0.483 e. The number of anilines is 1. The summed E-state index contributed by atoms with van der Waals surface area (Å²) in [7, 11) is 0. The molecule has 0 atom stereocenters. The normalized spacial score (nSPS) is 11.7. The van der Waals surface area contributed by atoms with Crippen molar-refractivity contribution in [1.82, 2.24) is 10.7 Å². The maximum absolute atomic E-state index is 12.3. The number of amides is 3. The van der Waals surface area contributed by atoms with Gasteiger partial charge in [-0.15, -0.1) is 0 Å². The van der Waals surface area contributed by atoms with E-state index in [1.165, 1.54) is 6.21 Å². The molecule has 10 nitrogen and oxygen atoms in total. The molecular weight excluding hydrogens is 568 g/mol. The maximum Gasteiger partial charge on any atom is 0.329 e. The Balaban J connectivity index is 1.29. The Morgan fingerprint density at radius 3 is 2.68 bits per heavy atom. The van der Waals surface area contributed by atoms with Gasteiger partial charge in [-0.3, -0.25) is 14.4 Å². The third-order valence-electron chi connectivity index (χ3n) is 4.94. The van der Waals surface area contributed by atoms with E-state index in [4.69, 9.17) is 25.8 Å². The molecule has 0 saturated heterocycles. The number of fused-ring (bicyclic) bond motifs is 1. The van der Waals surface area contributed by atoms with Gasteiger partial charge in [0.1, 0.15) is 5.75 Å². The Bertz CT molecular complexity index is 1370. The summed E-state index contributed by atoms with van der Waals surface area (Å²) < 4.78 is 16.9. The third-order valence-corrected chi connectivity index (χ3v) is 5.77. The number of carbonyl (C=O) groups excluding carboxylic acids is 3. The van der Waals surface area contributed by atoms with Crippen molar-refractivity contribution in [3.8, 4) is 17.2 Å². The van der Waals surface area contributed by atoms with Crippen molar-refractivity contribution in [2.24, 2.45) is 5.10 Å². The zero-order valence-corrected chi connectivity index (χ0v) is 21.5. The lowest BCUT2D eigenvalue weighted by Crippen LogP contribution is -2.37. The van der Waals surface area contributed by atoms with E-state index in [0.717, 1.165) is 10.0 Å². The predicted molar refractivity (Wildman–Crippen MR) is 140 cm³/mol. The SMILES string of the molecule is O=C(COc1ccc(Br)cc1/C=N\NC(=O)C(=O)NCc1ccc2c(c1)OCO2)Nc1ccccc1Cl. The lowest BCUT2D eigenvalue weighted by molar-refractivity contribution is -0.139. The number of benzene rings is 3. The van der Waals surface area contributed by atoms with Crippen LogP contribution in [0.3, 0.4) is 0 Å². The molecule has 0 bridgehead atoms. The zero-order chi connectivity index (χ0) is 26.2. The van der Waals surface area contributed by atoms with Crippen molar-refractivity contribution in [1.29, 1.82) is 0 Å². The number of para-hydroxylation sites is 1. The molecule has 1 heterocycles. The summed E-state index contributed by atoms with van der Waals surface area (Å²) in [5.74, 6) is -0.687. The number of nitrogens with one attached hydrogen (secondary N) is 3. The molecule has 3 N–H and O–H groups in total. The van der Waals surface area contributed by atoms with E-state index in [0.29, 0.717) is 33.5 Å². The number of hydrazone groups is 1. The second-order valence-electron chi connectivity index (χ2n) is 7.57. The van der Waals surface area contributed by atoms with Crippen LogP contribution in [0, 0.1) is 0 Å². The third kappa shape index (κ3) is 7.21. The van der Waals surface area contributed by atoms with Crippen molar-refractivity contribution >= 4 is 57.2 Å². The standard InChI is InChI=1S/C25H20BrClN4O6/c26-17-6-8-20(35-13-23(32)30-19-4-2-1-3-18(19)27)16(10-17)12-29-31-25(34)24(33)28-11-15-5-7-21-22(9-15)37-14-36-21/h1-10,12H,11,13-14H2,(H,28,33)(H,30,32)(H,31,34)/b29-12-. The van der Waals surface area contributed by atoms with Crippen LogP contribution in [0.1, 0.15) is 11.1 Å². The Labute approximate surface area is 225 Å². The second kappa shape index (κ2) is 12.2. The van der Waals surface area contributed by atoms with Gasteiger partial charge in [0.05, 0.1) is 16.9 Å². The highest BCUT2D eigenvalue weighted by molar-refractivity contribution is 9.10. The summed E-state index contributed by atoms with van der Waals surface area (Å²) in [5.41, 5.74) is 3.83. The van der Waals surface area contributed by atoms with Gasteiger partial charge in [-0.25, -0.2) is 5.43 Å². The van der Waals surface area contributed by atoms with Gasteiger partial charge in [-0.05, 0) is 48.0 Å². The van der Waals surface area contributed by atoms with Gasteiger partial charge in [0.2, 0.25) is 6.79 Å². The van der Waals surface area contributed by atoms with Crippen LogP contribution >= 0.6 is 27.5 Å². The van der Waals surface area contributed by atoms with Crippen molar-refractivity contribution in [3.63, 3.8) is 0 Å². The second-order valence-corrected chi connectivity index (χ2v) is 8.89. The van der Waals surface area contributed by atoms with Crippen LogP contribution in [0.25, 0.3) is 0 Å². The van der Waals surface area contributed by atoms with E-state index in [9.17, 15) is 14.4 Å². The average molecular weight is 588 g/mol. The Hall–Kier alpha value is -4.09. The summed E-state index contributed by atoms with van der Waals surface area (Å²) in [5, 5.41) is 9.41. The molecule has 0 aliphatic carbocycles. The van der Waals surface area contributed by atoms with E-state index in [-0.39, 0.29) is 19.9 Å². The van der Waals surface area contributed by atoms with Gasteiger partial charge in [0.25, 0.3) is 5.91 Å². The van der Waals surface area contributed by atoms with Crippen molar-refractivity contribution in [2.75, 3.05) is 18.7 Å². The molecule has 0 unspecified atom stereocenters. The van der Waals surface area contributed by atoms with Gasteiger partial charge in [0, 0.05) is 16.6 Å². The van der Waals surface area contributed by atoms with E-state index in [1.807, 2.05) is 0 Å². The molecule has 0 spiro atoms. The molecule has 37 heavy (non-hydrogen) atoms. The van der Waals surface area contributed by atoms with Crippen molar-refractivity contribution < 1.29 is 28.6 Å². The minimum atomic E-state index is -0.950. The number of carbonyl (C=O) groups is 3. The minimum Gasteiger partial charge on any atom is -0.483 e. The van der Waals surface area contributed by atoms with Crippen LogP contribution in [0.5, 0.6) is 17.2 Å². The first kappa shape index (κ1) is 26.0. The Morgan fingerprint density at radius 2 is 1.84 bits per heavy atom. The predicted octanol–water partition coefficient (Wildman–Crippen LogP) is 3.62. The van der Waals surface area contributed by atoms with Gasteiger partial charge < -0.3 is 24.8 Å². The van der Waals surface area contributed by atoms with E-state index in [1.54, 1.807) is 60.7 Å².